The van der Waals surface area contributed by atoms with Crippen LogP contribution >= 0.6 is 0 Å². The van der Waals surface area contributed by atoms with Gasteiger partial charge in [-0.15, -0.1) is 0 Å². The highest BCUT2D eigenvalue weighted by atomic mass is 19.4. The lowest BCUT2D eigenvalue weighted by molar-refractivity contribution is -0.149. The van der Waals surface area contributed by atoms with Gasteiger partial charge in [0.2, 0.25) is 17.7 Å². The van der Waals surface area contributed by atoms with Crippen LogP contribution in [0.5, 0.6) is 0 Å². The molecule has 1 unspecified atom stereocenters. The number of halogens is 3. The second-order valence-corrected chi connectivity index (χ2v) is 7.87. The molecule has 1 atom stereocenters. The van der Waals surface area contributed by atoms with Crippen LogP contribution in [0, 0.1) is 0 Å². The minimum absolute atomic E-state index is 0.0401. The summed E-state index contributed by atoms with van der Waals surface area (Å²) in [4.78, 5) is 52.6. The van der Waals surface area contributed by atoms with E-state index in [0.29, 0.717) is 12.8 Å². The molecule has 7 nitrogen and oxygen atoms in total. The number of benzene rings is 1. The number of nitrogens with zero attached hydrogens (tertiary/aromatic N) is 2. The van der Waals surface area contributed by atoms with Gasteiger partial charge in [0.15, 0.2) is 0 Å². The van der Waals surface area contributed by atoms with E-state index in [9.17, 15) is 32.3 Å². The van der Waals surface area contributed by atoms with E-state index in [-0.39, 0.29) is 24.8 Å². The number of likely N-dealkylation sites (tertiary alicyclic amines) is 1. The lowest BCUT2D eigenvalue weighted by Crippen LogP contribution is -2.44. The quantitative estimate of drug-likeness (QED) is 0.480. The highest BCUT2D eigenvalue weighted by molar-refractivity contribution is 6.11. The highest BCUT2D eigenvalue weighted by Crippen LogP contribution is 2.45. The highest BCUT2D eigenvalue weighted by Gasteiger charge is 2.57. The van der Waals surface area contributed by atoms with Gasteiger partial charge >= 0.3 is 12.1 Å². The molecule has 1 aliphatic carbocycles. The second-order valence-electron chi connectivity index (χ2n) is 7.87. The second kappa shape index (κ2) is 8.32. The lowest BCUT2D eigenvalue weighted by Gasteiger charge is -2.29. The van der Waals surface area contributed by atoms with Crippen molar-refractivity contribution in [3.05, 3.63) is 35.4 Å². The maximum absolute atomic E-state index is 13.3. The van der Waals surface area contributed by atoms with Gasteiger partial charge in [-0.1, -0.05) is 18.2 Å². The van der Waals surface area contributed by atoms with Crippen molar-refractivity contribution >= 4 is 23.7 Å². The zero-order chi connectivity index (χ0) is 23.0. The number of amides is 3. The van der Waals surface area contributed by atoms with Crippen LogP contribution in [-0.4, -0.2) is 59.7 Å². The molecule has 3 rings (SSSR count). The number of imide groups is 1. The van der Waals surface area contributed by atoms with Gasteiger partial charge in [-0.2, -0.15) is 13.2 Å². The summed E-state index contributed by atoms with van der Waals surface area (Å²) >= 11 is 0. The van der Waals surface area contributed by atoms with E-state index in [4.69, 9.17) is 4.74 Å². The van der Waals surface area contributed by atoms with Crippen LogP contribution in [-0.2, 0) is 35.5 Å². The van der Waals surface area contributed by atoms with Crippen molar-refractivity contribution in [2.24, 2.45) is 0 Å². The Morgan fingerprint density at radius 2 is 1.94 bits per heavy atom. The van der Waals surface area contributed by atoms with Gasteiger partial charge in [-0.25, -0.2) is 0 Å². The molecule has 0 spiro atoms. The van der Waals surface area contributed by atoms with Gasteiger partial charge in [-0.05, 0) is 31.4 Å². The molecule has 1 heterocycles. The van der Waals surface area contributed by atoms with Gasteiger partial charge in [-0.3, -0.25) is 24.1 Å². The van der Waals surface area contributed by atoms with Crippen LogP contribution in [0.1, 0.15) is 43.7 Å². The van der Waals surface area contributed by atoms with E-state index in [1.54, 1.807) is 6.92 Å². The molecule has 168 valence electrons. The van der Waals surface area contributed by atoms with Crippen molar-refractivity contribution in [1.29, 1.82) is 0 Å². The molecule has 0 radical (unpaired) electrons. The molecule has 1 aromatic carbocycles. The van der Waals surface area contributed by atoms with Crippen molar-refractivity contribution in [3.8, 4) is 0 Å². The summed E-state index contributed by atoms with van der Waals surface area (Å²) in [7, 11) is 1.33. The third-order valence-corrected chi connectivity index (χ3v) is 5.55. The number of alkyl halides is 3. The molecule has 1 saturated heterocycles. The lowest BCUT2D eigenvalue weighted by atomic mass is 9.75. The van der Waals surface area contributed by atoms with Crippen LogP contribution in [0.3, 0.4) is 0 Å². The summed E-state index contributed by atoms with van der Waals surface area (Å²) in [5.74, 6) is -2.48. The Balaban J connectivity index is 1.97. The third-order valence-electron chi connectivity index (χ3n) is 5.55. The smallest absolute Gasteiger partial charge is 0.416 e. The molecule has 1 aromatic rings. The largest absolute Gasteiger partial charge is 0.465 e. The molecule has 3 amide bonds. The molecule has 1 aliphatic heterocycles. The zero-order valence-corrected chi connectivity index (χ0v) is 17.2. The standard InChI is InChI=1S/C21H23F3N2O5/c1-3-31-18(29)12-25(2)16(27)10-20(11-17(28)26(19(20)30)15-7-8-15)13-5-4-6-14(9-13)21(22,23)24/h4-6,9,15H,3,7-8,10-12H2,1-2H3. The Hall–Kier alpha value is -2.91. The zero-order valence-electron chi connectivity index (χ0n) is 17.2. The van der Waals surface area contributed by atoms with E-state index < -0.39 is 53.7 Å². The average Bonchev–Trinajstić information content (AvgIpc) is 3.48. The topological polar surface area (TPSA) is 84.0 Å². The first-order chi connectivity index (χ1) is 14.5. The monoisotopic (exact) mass is 440 g/mol. The van der Waals surface area contributed by atoms with Crippen LogP contribution in [0.2, 0.25) is 0 Å². The molecule has 2 aliphatic rings. The molecule has 2 fully saturated rings. The molecule has 0 N–H and O–H groups in total. The first kappa shape index (κ1) is 22.8. The molecular weight excluding hydrogens is 417 g/mol. The van der Waals surface area contributed by atoms with Crippen molar-refractivity contribution in [2.45, 2.75) is 50.2 Å². The van der Waals surface area contributed by atoms with Crippen molar-refractivity contribution in [3.63, 3.8) is 0 Å². The van der Waals surface area contributed by atoms with Gasteiger partial charge < -0.3 is 9.64 Å². The van der Waals surface area contributed by atoms with Crippen LogP contribution in [0.4, 0.5) is 13.2 Å². The Kier molecular flexibility index (Phi) is 6.11. The van der Waals surface area contributed by atoms with Crippen LogP contribution in [0.15, 0.2) is 24.3 Å². The van der Waals surface area contributed by atoms with Gasteiger partial charge in [0.25, 0.3) is 0 Å². The fourth-order valence-electron chi connectivity index (χ4n) is 3.81. The summed E-state index contributed by atoms with van der Waals surface area (Å²) < 4.78 is 44.7. The fourth-order valence-corrected chi connectivity index (χ4v) is 3.81. The van der Waals surface area contributed by atoms with Gasteiger partial charge in [0, 0.05) is 25.9 Å². The van der Waals surface area contributed by atoms with Crippen LogP contribution < -0.4 is 0 Å². The van der Waals surface area contributed by atoms with E-state index >= 15 is 0 Å². The Morgan fingerprint density at radius 3 is 2.52 bits per heavy atom. The minimum atomic E-state index is -4.65. The Bertz CT molecular complexity index is 913. The number of rotatable bonds is 7. The fraction of sp³-hybridized carbons (Fsp3) is 0.524. The maximum atomic E-state index is 13.3. The van der Waals surface area contributed by atoms with E-state index in [0.717, 1.165) is 28.0 Å². The van der Waals surface area contributed by atoms with Crippen molar-refractivity contribution in [1.82, 2.24) is 9.80 Å². The third kappa shape index (κ3) is 4.57. The summed E-state index contributed by atoms with van der Waals surface area (Å²) in [5.41, 5.74) is -2.76. The SMILES string of the molecule is CCOC(=O)CN(C)C(=O)CC1(c2cccc(C(F)(F)F)c2)CC(=O)N(C2CC2)C1=O. The summed E-state index contributed by atoms with van der Waals surface area (Å²) in [6, 6.07) is 3.89. The number of carbonyl (C=O) groups excluding carboxylic acids is 4. The van der Waals surface area contributed by atoms with Crippen molar-refractivity contribution < 1.29 is 37.1 Å². The first-order valence-corrected chi connectivity index (χ1v) is 9.93. The van der Waals surface area contributed by atoms with Crippen LogP contribution in [0.25, 0.3) is 0 Å². The molecule has 31 heavy (non-hydrogen) atoms. The van der Waals surface area contributed by atoms with Gasteiger partial charge in [0.05, 0.1) is 17.6 Å². The number of carbonyl (C=O) groups is 4. The number of likely N-dealkylation sites (N-methyl/N-ethyl adjacent to an activating group) is 1. The predicted octanol–water partition coefficient (Wildman–Crippen LogP) is 2.28. The molecule has 10 heteroatoms. The number of esters is 1. The minimum Gasteiger partial charge on any atom is -0.465 e. The molecule has 0 aromatic heterocycles. The van der Waals surface area contributed by atoms with E-state index in [2.05, 4.69) is 0 Å². The number of hydrogen-bond acceptors (Lipinski definition) is 5. The Morgan fingerprint density at radius 1 is 1.26 bits per heavy atom. The number of ether oxygens (including phenoxy) is 1. The average molecular weight is 440 g/mol. The first-order valence-electron chi connectivity index (χ1n) is 9.93. The maximum Gasteiger partial charge on any atom is 0.416 e. The summed E-state index contributed by atoms with van der Waals surface area (Å²) in [5, 5.41) is 0. The molecule has 0 bridgehead atoms. The Labute approximate surface area is 177 Å². The van der Waals surface area contributed by atoms with E-state index in [1.807, 2.05) is 0 Å². The summed E-state index contributed by atoms with van der Waals surface area (Å²) in [6.07, 6.45) is -4.32. The number of hydrogen-bond donors (Lipinski definition) is 0. The molecule has 1 saturated carbocycles. The van der Waals surface area contributed by atoms with Gasteiger partial charge in [0.1, 0.15) is 6.54 Å². The predicted molar refractivity (Wildman–Crippen MR) is 102 cm³/mol. The normalized spacial score (nSPS) is 21.4. The summed E-state index contributed by atoms with van der Waals surface area (Å²) in [6.45, 7) is 1.36. The molecular formula is C21H23F3N2O5. The van der Waals surface area contributed by atoms with Crippen molar-refractivity contribution in [2.75, 3.05) is 20.2 Å². The van der Waals surface area contributed by atoms with E-state index in [1.165, 1.54) is 13.1 Å².